The van der Waals surface area contributed by atoms with E-state index in [1.54, 1.807) is 12.1 Å². The Kier molecular flexibility index (Phi) is 5.25. The van der Waals surface area contributed by atoms with E-state index >= 15 is 0 Å². The van der Waals surface area contributed by atoms with Crippen molar-refractivity contribution in [1.29, 1.82) is 0 Å². The first-order valence-corrected chi connectivity index (χ1v) is 9.76. The zero-order chi connectivity index (χ0) is 17.2. The van der Waals surface area contributed by atoms with E-state index in [4.69, 9.17) is 16.3 Å². The lowest BCUT2D eigenvalue weighted by atomic mass is 10.2. The molecule has 1 saturated heterocycles. The van der Waals surface area contributed by atoms with Crippen LogP contribution in [0.15, 0.2) is 53.4 Å². The van der Waals surface area contributed by atoms with Crippen LogP contribution in [0.3, 0.4) is 0 Å². The largest absolute Gasteiger partial charge is 0.371 e. The van der Waals surface area contributed by atoms with E-state index in [0.717, 1.165) is 17.5 Å². The molecule has 1 fully saturated rings. The van der Waals surface area contributed by atoms with Gasteiger partial charge in [0.2, 0.25) is 10.0 Å². The van der Waals surface area contributed by atoms with Crippen molar-refractivity contribution in [3.05, 3.63) is 64.7 Å². The normalized spacial score (nSPS) is 16.1. The molecule has 6 heteroatoms. The first-order valence-electron chi connectivity index (χ1n) is 7.95. The minimum Gasteiger partial charge on any atom is -0.371 e. The van der Waals surface area contributed by atoms with E-state index < -0.39 is 10.0 Å². The molecule has 0 aliphatic carbocycles. The molecule has 4 nitrogen and oxygen atoms in total. The molecule has 0 saturated carbocycles. The SMILES string of the molecule is CCc1ccc(S(=O)(=O)N2CC(OCc3ccccc3Cl)C2)cc1. The van der Waals surface area contributed by atoms with Gasteiger partial charge in [-0.25, -0.2) is 8.42 Å². The van der Waals surface area contributed by atoms with Crippen LogP contribution in [-0.4, -0.2) is 31.9 Å². The molecule has 0 radical (unpaired) electrons. The molecule has 0 unspecified atom stereocenters. The summed E-state index contributed by atoms with van der Waals surface area (Å²) < 4.78 is 32.3. The van der Waals surface area contributed by atoms with Gasteiger partial charge in [-0.3, -0.25) is 0 Å². The summed E-state index contributed by atoms with van der Waals surface area (Å²) in [4.78, 5) is 0.337. The molecule has 128 valence electrons. The summed E-state index contributed by atoms with van der Waals surface area (Å²) in [5.41, 5.74) is 2.04. The van der Waals surface area contributed by atoms with Crippen LogP contribution in [0.5, 0.6) is 0 Å². The molecule has 0 N–H and O–H groups in total. The maximum absolute atomic E-state index is 12.5. The Balaban J connectivity index is 1.56. The van der Waals surface area contributed by atoms with Crippen molar-refractivity contribution in [2.24, 2.45) is 0 Å². The van der Waals surface area contributed by atoms with Gasteiger partial charge in [0.25, 0.3) is 0 Å². The summed E-state index contributed by atoms with van der Waals surface area (Å²) >= 11 is 6.09. The second kappa shape index (κ2) is 7.23. The van der Waals surface area contributed by atoms with Gasteiger partial charge in [-0.2, -0.15) is 4.31 Å². The number of hydrogen-bond acceptors (Lipinski definition) is 3. The molecule has 0 amide bonds. The predicted molar refractivity (Wildman–Crippen MR) is 94.6 cm³/mol. The lowest BCUT2D eigenvalue weighted by Crippen LogP contribution is -2.54. The van der Waals surface area contributed by atoms with E-state index in [0.29, 0.717) is 29.6 Å². The smallest absolute Gasteiger partial charge is 0.243 e. The topological polar surface area (TPSA) is 46.6 Å². The number of nitrogens with zero attached hydrogens (tertiary/aromatic N) is 1. The van der Waals surface area contributed by atoms with E-state index in [9.17, 15) is 8.42 Å². The Morgan fingerprint density at radius 3 is 2.42 bits per heavy atom. The molecular formula is C18H20ClNO3S. The third-order valence-electron chi connectivity index (χ3n) is 4.22. The molecule has 1 heterocycles. The summed E-state index contributed by atoms with van der Waals surface area (Å²) in [7, 11) is -3.42. The molecule has 1 aliphatic rings. The lowest BCUT2D eigenvalue weighted by Gasteiger charge is -2.37. The molecule has 2 aromatic rings. The van der Waals surface area contributed by atoms with Crippen molar-refractivity contribution in [3.8, 4) is 0 Å². The van der Waals surface area contributed by atoms with E-state index in [2.05, 4.69) is 0 Å². The number of hydrogen-bond donors (Lipinski definition) is 0. The van der Waals surface area contributed by atoms with Crippen LogP contribution in [0, 0.1) is 0 Å². The van der Waals surface area contributed by atoms with Gasteiger partial charge in [0.1, 0.15) is 0 Å². The third kappa shape index (κ3) is 3.64. The molecule has 24 heavy (non-hydrogen) atoms. The number of halogens is 1. The Labute approximate surface area is 148 Å². The van der Waals surface area contributed by atoms with Crippen molar-refractivity contribution in [2.45, 2.75) is 31.0 Å². The monoisotopic (exact) mass is 365 g/mol. The molecule has 3 rings (SSSR count). The summed E-state index contributed by atoms with van der Waals surface area (Å²) in [5, 5.41) is 0.664. The fraction of sp³-hybridized carbons (Fsp3) is 0.333. The highest BCUT2D eigenvalue weighted by Crippen LogP contribution is 2.25. The minimum atomic E-state index is -3.42. The predicted octanol–water partition coefficient (Wildman–Crippen LogP) is 3.49. The Morgan fingerprint density at radius 1 is 1.12 bits per heavy atom. The van der Waals surface area contributed by atoms with Gasteiger partial charge in [-0.15, -0.1) is 0 Å². The van der Waals surface area contributed by atoms with Gasteiger partial charge in [-0.1, -0.05) is 48.9 Å². The highest BCUT2D eigenvalue weighted by molar-refractivity contribution is 7.89. The second-order valence-electron chi connectivity index (χ2n) is 5.84. The number of benzene rings is 2. The van der Waals surface area contributed by atoms with E-state index in [-0.39, 0.29) is 6.10 Å². The number of sulfonamides is 1. The van der Waals surface area contributed by atoms with Gasteiger partial charge in [0.15, 0.2) is 0 Å². The van der Waals surface area contributed by atoms with Gasteiger partial charge < -0.3 is 4.74 Å². The van der Waals surface area contributed by atoms with E-state index in [1.807, 2.05) is 43.3 Å². The minimum absolute atomic E-state index is 0.0917. The van der Waals surface area contributed by atoms with Crippen molar-refractivity contribution in [3.63, 3.8) is 0 Å². The standard InChI is InChI=1S/C18H20ClNO3S/c1-2-14-7-9-17(10-8-14)24(21,22)20-11-16(12-20)23-13-15-5-3-4-6-18(15)19/h3-10,16H,2,11-13H2,1H3. The lowest BCUT2D eigenvalue weighted by molar-refractivity contribution is -0.0295. The maximum atomic E-state index is 12.5. The van der Waals surface area contributed by atoms with Gasteiger partial charge in [0.05, 0.1) is 17.6 Å². The first-order chi connectivity index (χ1) is 11.5. The van der Waals surface area contributed by atoms with Gasteiger partial charge in [-0.05, 0) is 35.7 Å². The van der Waals surface area contributed by atoms with Gasteiger partial charge in [0, 0.05) is 18.1 Å². The number of ether oxygens (including phenoxy) is 1. The molecule has 1 aliphatic heterocycles. The van der Waals surface area contributed by atoms with Crippen molar-refractivity contribution >= 4 is 21.6 Å². The quantitative estimate of drug-likeness (QED) is 0.787. The molecule has 2 aromatic carbocycles. The number of aryl methyl sites for hydroxylation is 1. The maximum Gasteiger partial charge on any atom is 0.243 e. The highest BCUT2D eigenvalue weighted by atomic mass is 35.5. The fourth-order valence-corrected chi connectivity index (χ4v) is 4.27. The van der Waals surface area contributed by atoms with Gasteiger partial charge >= 0.3 is 0 Å². The summed E-state index contributed by atoms with van der Waals surface area (Å²) in [6.45, 7) is 3.19. The highest BCUT2D eigenvalue weighted by Gasteiger charge is 2.37. The van der Waals surface area contributed by atoms with Crippen molar-refractivity contribution in [1.82, 2.24) is 4.31 Å². The molecule has 0 bridgehead atoms. The van der Waals surface area contributed by atoms with Crippen LogP contribution in [0.4, 0.5) is 0 Å². The van der Waals surface area contributed by atoms with Crippen LogP contribution < -0.4 is 0 Å². The molecular weight excluding hydrogens is 346 g/mol. The molecule has 0 spiro atoms. The molecule has 0 aromatic heterocycles. The zero-order valence-electron chi connectivity index (χ0n) is 13.5. The fourth-order valence-electron chi connectivity index (χ4n) is 2.57. The Morgan fingerprint density at radius 2 is 1.79 bits per heavy atom. The second-order valence-corrected chi connectivity index (χ2v) is 8.19. The van der Waals surface area contributed by atoms with Crippen molar-refractivity contribution in [2.75, 3.05) is 13.1 Å². The van der Waals surface area contributed by atoms with Crippen LogP contribution in [0.25, 0.3) is 0 Å². The van der Waals surface area contributed by atoms with Crippen molar-refractivity contribution < 1.29 is 13.2 Å². The average Bonchev–Trinajstić information content (AvgIpc) is 2.55. The summed E-state index contributed by atoms with van der Waals surface area (Å²) in [6.07, 6.45) is 0.799. The van der Waals surface area contributed by atoms with Crippen LogP contribution >= 0.6 is 11.6 Å². The van der Waals surface area contributed by atoms with E-state index in [1.165, 1.54) is 4.31 Å². The summed E-state index contributed by atoms with van der Waals surface area (Å²) in [6, 6.07) is 14.6. The average molecular weight is 366 g/mol. The zero-order valence-corrected chi connectivity index (χ0v) is 15.1. The number of rotatable bonds is 6. The molecule has 0 atom stereocenters. The first kappa shape index (κ1) is 17.4. The summed E-state index contributed by atoms with van der Waals surface area (Å²) in [5.74, 6) is 0. The van der Waals surface area contributed by atoms with Crippen LogP contribution in [0.2, 0.25) is 5.02 Å². The third-order valence-corrected chi connectivity index (χ3v) is 6.43. The Bertz CT molecular complexity index is 799. The van der Waals surface area contributed by atoms with Crippen LogP contribution in [-0.2, 0) is 27.8 Å². The van der Waals surface area contributed by atoms with Crippen LogP contribution in [0.1, 0.15) is 18.1 Å². The Hall–Kier alpha value is -1.40.